The summed E-state index contributed by atoms with van der Waals surface area (Å²) in [7, 11) is 0. The molecule has 0 bridgehead atoms. The number of rotatable bonds is 7. The molecule has 0 aromatic heterocycles. The Morgan fingerprint density at radius 3 is 2.54 bits per heavy atom. The Kier molecular flexibility index (Phi) is 5.39. The molecule has 7 atom stereocenters. The molecule has 4 aliphatic rings. The van der Waals surface area contributed by atoms with Gasteiger partial charge in [0.2, 0.25) is 0 Å². The average Bonchev–Trinajstić information content (AvgIpc) is 3.10. The standard InChI is InChI=1S/C27H44O/c1-19(2)8-6-9-20(3)23-12-13-24-25(23,5)14-7-15-27(24,28)17-16-26-18-22(26)11-10-21(26)4/h16-17,19-20,22-24,28H,4,6-15,18H2,1-3,5H3/b17-16+/t20-,22-,23-,24-,25-,26-,27-/m1/s1/i4+1,15+1. The Hall–Kier alpha value is -0.560. The number of hydrogen-bond acceptors (Lipinski definition) is 1. The summed E-state index contributed by atoms with van der Waals surface area (Å²) in [5.41, 5.74) is 1.44. The Morgan fingerprint density at radius 2 is 1.89 bits per heavy atom. The summed E-state index contributed by atoms with van der Waals surface area (Å²) >= 11 is 0. The predicted molar refractivity (Wildman–Crippen MR) is 119 cm³/mol. The van der Waals surface area contributed by atoms with Crippen molar-refractivity contribution in [1.82, 2.24) is 0 Å². The van der Waals surface area contributed by atoms with Crippen molar-refractivity contribution in [3.63, 3.8) is 0 Å². The molecule has 28 heavy (non-hydrogen) atoms. The molecule has 0 saturated heterocycles. The van der Waals surface area contributed by atoms with Crippen LogP contribution in [-0.4, -0.2) is 10.7 Å². The maximum absolute atomic E-state index is 11.8. The summed E-state index contributed by atoms with van der Waals surface area (Å²) in [4.78, 5) is 0. The fraction of sp³-hybridized carbons (Fsp3) is 0.852. The highest BCUT2D eigenvalue weighted by Crippen LogP contribution is 2.67. The highest BCUT2D eigenvalue weighted by atomic mass is 16.3. The third-order valence-corrected chi connectivity index (χ3v) is 9.71. The maximum Gasteiger partial charge on any atom is 0.0861 e. The van der Waals surface area contributed by atoms with E-state index in [0.717, 1.165) is 30.1 Å². The van der Waals surface area contributed by atoms with Crippen LogP contribution in [0, 0.1) is 40.4 Å². The number of fused-ring (bicyclic) bond motifs is 2. The van der Waals surface area contributed by atoms with Crippen LogP contribution in [-0.2, 0) is 0 Å². The van der Waals surface area contributed by atoms with E-state index in [0.29, 0.717) is 11.3 Å². The van der Waals surface area contributed by atoms with Gasteiger partial charge in [0.05, 0.1) is 5.60 Å². The molecule has 0 heterocycles. The molecule has 4 saturated carbocycles. The highest BCUT2D eigenvalue weighted by molar-refractivity contribution is 5.36. The van der Waals surface area contributed by atoms with Gasteiger partial charge in [-0.05, 0) is 86.4 Å². The van der Waals surface area contributed by atoms with Crippen molar-refractivity contribution in [1.29, 1.82) is 0 Å². The first-order chi connectivity index (χ1) is 13.2. The normalized spacial score (nSPS) is 46.2. The minimum atomic E-state index is -0.579. The molecule has 158 valence electrons. The summed E-state index contributed by atoms with van der Waals surface area (Å²) in [5.74, 6) is 3.68. The van der Waals surface area contributed by atoms with E-state index < -0.39 is 5.60 Å². The fourth-order valence-electron chi connectivity index (χ4n) is 7.89. The van der Waals surface area contributed by atoms with Crippen LogP contribution >= 0.6 is 0 Å². The molecule has 4 fully saturated rings. The van der Waals surface area contributed by atoms with Crippen LogP contribution in [0.3, 0.4) is 0 Å². The van der Waals surface area contributed by atoms with Gasteiger partial charge in [-0.2, -0.15) is 0 Å². The molecule has 1 N–H and O–H groups in total. The predicted octanol–water partition coefficient (Wildman–Crippen LogP) is 7.31. The lowest BCUT2D eigenvalue weighted by atomic mass is 9.60. The van der Waals surface area contributed by atoms with Gasteiger partial charge < -0.3 is 5.11 Å². The van der Waals surface area contributed by atoms with Crippen molar-refractivity contribution in [3.8, 4) is 0 Å². The molecular weight excluding hydrogens is 342 g/mol. The number of hydrogen-bond donors (Lipinski definition) is 1. The quantitative estimate of drug-likeness (QED) is 0.359. The first kappa shape index (κ1) is 20.7. The van der Waals surface area contributed by atoms with Gasteiger partial charge >= 0.3 is 0 Å². The van der Waals surface area contributed by atoms with Gasteiger partial charge in [0.15, 0.2) is 0 Å². The largest absolute Gasteiger partial charge is 0.385 e. The molecule has 0 radical (unpaired) electrons. The summed E-state index contributed by atoms with van der Waals surface area (Å²) in [6.07, 6.45) is 18.6. The molecular formula is C27H44O. The van der Waals surface area contributed by atoms with Gasteiger partial charge in [-0.3, -0.25) is 0 Å². The zero-order chi connectivity index (χ0) is 20.2. The second-order valence-corrected chi connectivity index (χ2v) is 11.8. The van der Waals surface area contributed by atoms with Crippen LogP contribution in [0.25, 0.3) is 0 Å². The summed E-state index contributed by atoms with van der Waals surface area (Å²) in [5, 5.41) is 11.8. The van der Waals surface area contributed by atoms with Gasteiger partial charge in [-0.15, -0.1) is 0 Å². The van der Waals surface area contributed by atoms with Crippen LogP contribution < -0.4 is 0 Å². The Bertz CT molecular complexity index is 632. The minimum Gasteiger partial charge on any atom is -0.385 e. The van der Waals surface area contributed by atoms with E-state index in [1.165, 1.54) is 69.8 Å². The van der Waals surface area contributed by atoms with Crippen LogP contribution in [0.1, 0.15) is 98.3 Å². The minimum absolute atomic E-state index is 0.270. The zero-order valence-corrected chi connectivity index (χ0v) is 19.0. The van der Waals surface area contributed by atoms with E-state index in [1.807, 2.05) is 0 Å². The third-order valence-electron chi connectivity index (χ3n) is 9.71. The van der Waals surface area contributed by atoms with E-state index in [4.69, 9.17) is 0 Å². The molecule has 4 aliphatic carbocycles. The van der Waals surface area contributed by atoms with Crippen LogP contribution in [0.4, 0.5) is 0 Å². The summed E-state index contributed by atoms with van der Waals surface area (Å²) in [6, 6.07) is 0. The summed E-state index contributed by atoms with van der Waals surface area (Å²) < 4.78 is 0. The Labute approximate surface area is 174 Å². The van der Waals surface area contributed by atoms with Gasteiger partial charge in [-0.25, -0.2) is 0 Å². The Balaban J connectivity index is 1.47. The number of allylic oxidation sites excluding steroid dienone is 2. The molecule has 0 spiro atoms. The SMILES string of the molecule is CC(C)CCC[C@@H](C)[C@H]1CC[C@@H]2[C@]1(C)CC[13CH2][C@@]2(O)/C=C/[C@]12C[C@H]1CCC2=[13CH2]. The number of aliphatic hydroxyl groups is 1. The second kappa shape index (κ2) is 7.29. The van der Waals surface area contributed by atoms with Crippen LogP contribution in [0.5, 0.6) is 0 Å². The molecule has 4 rings (SSSR count). The van der Waals surface area contributed by atoms with E-state index >= 15 is 0 Å². The second-order valence-electron chi connectivity index (χ2n) is 11.8. The molecule has 1 heteroatoms. The molecule has 0 aliphatic heterocycles. The summed E-state index contributed by atoms with van der Waals surface area (Å²) in [6.45, 7) is 14.1. The van der Waals surface area contributed by atoms with Crippen molar-refractivity contribution in [2.75, 3.05) is 0 Å². The van der Waals surface area contributed by atoms with E-state index in [9.17, 15) is 5.11 Å². The highest BCUT2D eigenvalue weighted by Gasteiger charge is 2.60. The topological polar surface area (TPSA) is 20.2 Å². The molecule has 1 nitrogen and oxygen atoms in total. The van der Waals surface area contributed by atoms with Gasteiger partial charge in [0, 0.05) is 5.41 Å². The van der Waals surface area contributed by atoms with Crippen LogP contribution in [0.15, 0.2) is 24.3 Å². The van der Waals surface area contributed by atoms with Crippen molar-refractivity contribution in [3.05, 3.63) is 24.3 Å². The van der Waals surface area contributed by atoms with Gasteiger partial charge in [0.1, 0.15) is 0 Å². The molecule has 0 aromatic rings. The third kappa shape index (κ3) is 3.34. The van der Waals surface area contributed by atoms with Crippen molar-refractivity contribution >= 4 is 0 Å². The first-order valence-electron chi connectivity index (χ1n) is 12.3. The van der Waals surface area contributed by atoms with E-state index in [-0.39, 0.29) is 5.41 Å². The average molecular weight is 387 g/mol. The van der Waals surface area contributed by atoms with E-state index in [1.54, 1.807) is 0 Å². The first-order valence-corrected chi connectivity index (χ1v) is 12.3. The lowest BCUT2D eigenvalue weighted by molar-refractivity contribution is -0.0781. The lowest BCUT2D eigenvalue weighted by Gasteiger charge is -2.50. The van der Waals surface area contributed by atoms with Gasteiger partial charge in [0.25, 0.3) is 0 Å². The van der Waals surface area contributed by atoms with Crippen LogP contribution in [0.2, 0.25) is 0 Å². The van der Waals surface area contributed by atoms with Gasteiger partial charge in [-0.1, -0.05) is 71.3 Å². The molecule has 0 aromatic carbocycles. The van der Waals surface area contributed by atoms with E-state index in [2.05, 4.69) is 46.4 Å². The smallest absolute Gasteiger partial charge is 0.0861 e. The molecule has 0 amide bonds. The molecule has 0 unspecified atom stereocenters. The lowest BCUT2D eigenvalue weighted by Crippen LogP contribution is -2.49. The van der Waals surface area contributed by atoms with Crippen molar-refractivity contribution in [2.24, 2.45) is 40.4 Å². The maximum atomic E-state index is 11.8. The zero-order valence-electron chi connectivity index (χ0n) is 19.0. The fourth-order valence-corrected chi connectivity index (χ4v) is 7.89. The Morgan fingerprint density at radius 1 is 1.11 bits per heavy atom. The van der Waals surface area contributed by atoms with Crippen molar-refractivity contribution in [2.45, 2.75) is 104 Å². The van der Waals surface area contributed by atoms with Crippen molar-refractivity contribution < 1.29 is 5.11 Å². The monoisotopic (exact) mass is 386 g/mol.